The topological polar surface area (TPSA) is 76.2 Å². The van der Waals surface area contributed by atoms with Gasteiger partial charge >= 0.3 is 5.97 Å². The quantitative estimate of drug-likeness (QED) is 0.909. The van der Waals surface area contributed by atoms with Crippen molar-refractivity contribution in [1.29, 1.82) is 0 Å². The maximum Gasteiger partial charge on any atom is 0.319 e. The highest BCUT2D eigenvalue weighted by molar-refractivity contribution is 8.00. The van der Waals surface area contributed by atoms with Gasteiger partial charge < -0.3 is 9.63 Å². The van der Waals surface area contributed by atoms with Crippen molar-refractivity contribution in [2.75, 3.05) is 0 Å². The van der Waals surface area contributed by atoms with Gasteiger partial charge in [0.25, 0.3) is 5.89 Å². The molecule has 2 aromatic heterocycles. The lowest BCUT2D eigenvalue weighted by Gasteiger charge is -2.16. The number of hydrogen-bond donors (Lipinski definition) is 1. The molecule has 0 spiro atoms. The lowest BCUT2D eigenvalue weighted by atomic mass is 10.2. The molecular formula is C11H12N2O3S2. The van der Waals surface area contributed by atoms with Crippen LogP contribution < -0.4 is 0 Å². The summed E-state index contributed by atoms with van der Waals surface area (Å²) in [6, 6.07) is 1.90. The summed E-state index contributed by atoms with van der Waals surface area (Å²) in [6.07, 6.45) is 0. The molecule has 0 unspecified atom stereocenters. The third-order valence-electron chi connectivity index (χ3n) is 2.31. The first-order valence-electron chi connectivity index (χ1n) is 5.21. The largest absolute Gasteiger partial charge is 0.480 e. The second kappa shape index (κ2) is 5.11. The maximum absolute atomic E-state index is 11.0. The van der Waals surface area contributed by atoms with E-state index in [1.807, 2.05) is 16.8 Å². The number of rotatable bonds is 5. The normalized spacial score (nSPS) is 11.7. The van der Waals surface area contributed by atoms with Crippen LogP contribution in [0.25, 0.3) is 11.5 Å². The molecule has 0 aliphatic rings. The Morgan fingerprint density at radius 3 is 3.00 bits per heavy atom. The zero-order chi connectivity index (χ0) is 13.2. The Morgan fingerprint density at radius 2 is 2.39 bits per heavy atom. The molecule has 1 N–H and O–H groups in total. The number of carboxylic acids is 1. The predicted octanol–water partition coefficient (Wildman–Crippen LogP) is 2.89. The molecule has 7 heteroatoms. The molecule has 0 aliphatic heterocycles. The molecule has 0 aromatic carbocycles. The molecule has 0 saturated heterocycles. The Labute approximate surface area is 112 Å². The van der Waals surface area contributed by atoms with Crippen LogP contribution in [0.1, 0.15) is 19.7 Å². The molecule has 0 bridgehead atoms. The molecule has 0 atom stereocenters. The van der Waals surface area contributed by atoms with Crippen molar-refractivity contribution in [3.05, 3.63) is 22.7 Å². The van der Waals surface area contributed by atoms with E-state index in [9.17, 15) is 4.79 Å². The fourth-order valence-corrected chi connectivity index (χ4v) is 2.48. The Bertz CT molecular complexity index is 534. The van der Waals surface area contributed by atoms with Gasteiger partial charge in [0.2, 0.25) is 0 Å². The van der Waals surface area contributed by atoms with Gasteiger partial charge in [-0.1, -0.05) is 5.16 Å². The minimum Gasteiger partial charge on any atom is -0.480 e. The van der Waals surface area contributed by atoms with Crippen LogP contribution in [0.15, 0.2) is 21.3 Å². The molecule has 0 amide bonds. The number of carbonyl (C=O) groups is 1. The van der Waals surface area contributed by atoms with Crippen LogP contribution in [0.4, 0.5) is 0 Å². The monoisotopic (exact) mass is 284 g/mol. The second-order valence-corrected chi connectivity index (χ2v) is 6.51. The first-order valence-corrected chi connectivity index (χ1v) is 7.14. The highest BCUT2D eigenvalue weighted by atomic mass is 32.2. The van der Waals surface area contributed by atoms with E-state index in [0.717, 1.165) is 5.56 Å². The summed E-state index contributed by atoms with van der Waals surface area (Å²) in [5.74, 6) is 0.539. The Hall–Kier alpha value is -1.34. The van der Waals surface area contributed by atoms with E-state index in [1.54, 1.807) is 25.2 Å². The molecule has 5 nitrogen and oxygen atoms in total. The van der Waals surface area contributed by atoms with Gasteiger partial charge in [0.05, 0.1) is 11.3 Å². The van der Waals surface area contributed by atoms with Gasteiger partial charge in [0.15, 0.2) is 5.82 Å². The number of carboxylic acid groups (broad SMARTS) is 1. The summed E-state index contributed by atoms with van der Waals surface area (Å²) in [7, 11) is 0. The summed E-state index contributed by atoms with van der Waals surface area (Å²) in [5, 5.41) is 16.7. The van der Waals surface area contributed by atoms with Crippen LogP contribution in [0, 0.1) is 0 Å². The highest BCUT2D eigenvalue weighted by Gasteiger charge is 2.28. The molecule has 2 aromatic rings. The van der Waals surface area contributed by atoms with Gasteiger partial charge in [-0.2, -0.15) is 16.3 Å². The summed E-state index contributed by atoms with van der Waals surface area (Å²) in [6.45, 7) is 3.31. The molecular weight excluding hydrogens is 272 g/mol. The first kappa shape index (κ1) is 13.1. The number of hydrogen-bond acceptors (Lipinski definition) is 6. The average Bonchev–Trinajstić information content (AvgIpc) is 2.97. The summed E-state index contributed by atoms with van der Waals surface area (Å²) in [5.41, 5.74) is 0.890. The number of aliphatic carboxylic acids is 1. The zero-order valence-corrected chi connectivity index (χ0v) is 11.5. The van der Waals surface area contributed by atoms with Gasteiger partial charge in [-0.25, -0.2) is 0 Å². The second-order valence-electron chi connectivity index (χ2n) is 4.13. The maximum atomic E-state index is 11.0. The lowest BCUT2D eigenvalue weighted by molar-refractivity contribution is -0.138. The predicted molar refractivity (Wildman–Crippen MR) is 70.6 cm³/mol. The van der Waals surface area contributed by atoms with Crippen molar-refractivity contribution in [3.63, 3.8) is 0 Å². The van der Waals surface area contributed by atoms with Crippen LogP contribution in [0.3, 0.4) is 0 Å². The first-order chi connectivity index (χ1) is 8.49. The third kappa shape index (κ3) is 2.91. The van der Waals surface area contributed by atoms with E-state index in [1.165, 1.54) is 11.8 Å². The van der Waals surface area contributed by atoms with Gasteiger partial charge in [0.1, 0.15) is 4.75 Å². The van der Waals surface area contributed by atoms with Gasteiger partial charge in [-0.3, -0.25) is 4.79 Å². The van der Waals surface area contributed by atoms with Gasteiger partial charge in [-0.15, -0.1) is 11.8 Å². The minimum atomic E-state index is -0.858. The summed E-state index contributed by atoms with van der Waals surface area (Å²) < 4.78 is 4.26. The van der Waals surface area contributed by atoms with E-state index >= 15 is 0 Å². The molecule has 2 heterocycles. The molecule has 0 aliphatic carbocycles. The number of aromatic nitrogens is 2. The zero-order valence-electron chi connectivity index (χ0n) is 9.91. The van der Waals surface area contributed by atoms with Gasteiger partial charge in [-0.05, 0) is 25.3 Å². The van der Waals surface area contributed by atoms with E-state index < -0.39 is 10.7 Å². The van der Waals surface area contributed by atoms with Crippen molar-refractivity contribution < 1.29 is 14.4 Å². The third-order valence-corrected chi connectivity index (χ3v) is 4.30. The van der Waals surface area contributed by atoms with Crippen molar-refractivity contribution in [1.82, 2.24) is 10.1 Å². The van der Waals surface area contributed by atoms with Gasteiger partial charge in [0, 0.05) is 5.38 Å². The van der Waals surface area contributed by atoms with Crippen LogP contribution in [0.5, 0.6) is 0 Å². The van der Waals surface area contributed by atoms with E-state index in [2.05, 4.69) is 10.1 Å². The average molecular weight is 284 g/mol. The van der Waals surface area contributed by atoms with Crippen LogP contribution in [-0.4, -0.2) is 26.0 Å². The standard InChI is InChI=1S/C11H12N2O3S2/c1-11(2,10(14)15)18-6-8-12-9(16-13-8)7-3-4-17-5-7/h3-5H,6H2,1-2H3,(H,14,15). The van der Waals surface area contributed by atoms with Crippen LogP contribution >= 0.6 is 23.1 Å². The fourth-order valence-electron chi connectivity index (χ4n) is 1.12. The molecule has 96 valence electrons. The van der Waals surface area contributed by atoms with Crippen molar-refractivity contribution >= 4 is 29.1 Å². The SMILES string of the molecule is CC(C)(SCc1noc(-c2ccsc2)n1)C(=O)O. The molecule has 0 fully saturated rings. The van der Waals surface area contributed by atoms with Crippen molar-refractivity contribution in [2.24, 2.45) is 0 Å². The van der Waals surface area contributed by atoms with Crippen molar-refractivity contribution in [3.8, 4) is 11.5 Å². The smallest absolute Gasteiger partial charge is 0.319 e. The summed E-state index contributed by atoms with van der Waals surface area (Å²) in [4.78, 5) is 15.2. The Kier molecular flexibility index (Phi) is 3.72. The number of thiophene rings is 1. The number of nitrogens with zero attached hydrogens (tertiary/aromatic N) is 2. The molecule has 2 rings (SSSR count). The van der Waals surface area contributed by atoms with Crippen LogP contribution in [0.2, 0.25) is 0 Å². The Balaban J connectivity index is 2.02. The van der Waals surface area contributed by atoms with E-state index in [4.69, 9.17) is 9.63 Å². The minimum absolute atomic E-state index is 0.410. The number of thioether (sulfide) groups is 1. The molecule has 0 saturated carbocycles. The fraction of sp³-hybridized carbons (Fsp3) is 0.364. The van der Waals surface area contributed by atoms with E-state index in [0.29, 0.717) is 17.5 Å². The molecule has 18 heavy (non-hydrogen) atoms. The van der Waals surface area contributed by atoms with Crippen molar-refractivity contribution in [2.45, 2.75) is 24.3 Å². The Morgan fingerprint density at radius 1 is 1.61 bits per heavy atom. The summed E-state index contributed by atoms with van der Waals surface area (Å²) >= 11 is 2.82. The van der Waals surface area contributed by atoms with E-state index in [-0.39, 0.29) is 0 Å². The highest BCUT2D eigenvalue weighted by Crippen LogP contribution is 2.28. The lowest BCUT2D eigenvalue weighted by Crippen LogP contribution is -2.27. The molecule has 0 radical (unpaired) electrons. The van der Waals surface area contributed by atoms with Crippen LogP contribution in [-0.2, 0) is 10.5 Å².